The van der Waals surface area contributed by atoms with Crippen LogP contribution in [-0.2, 0) is 0 Å². The predicted octanol–water partition coefficient (Wildman–Crippen LogP) is 5.68. The Morgan fingerprint density at radius 2 is 1.88 bits per heavy atom. The van der Waals surface area contributed by atoms with Crippen molar-refractivity contribution in [2.75, 3.05) is 7.05 Å². The molecule has 25 heavy (non-hydrogen) atoms. The third-order valence-corrected chi connectivity index (χ3v) is 6.59. The van der Waals surface area contributed by atoms with Crippen LogP contribution in [0.2, 0.25) is 0 Å². The lowest BCUT2D eigenvalue weighted by molar-refractivity contribution is 0.210. The molecule has 0 saturated carbocycles. The van der Waals surface area contributed by atoms with E-state index in [9.17, 15) is 0 Å². The van der Waals surface area contributed by atoms with Crippen molar-refractivity contribution < 1.29 is 0 Å². The van der Waals surface area contributed by atoms with Crippen LogP contribution in [0.4, 0.5) is 5.69 Å². The summed E-state index contributed by atoms with van der Waals surface area (Å²) in [6.07, 6.45) is 2.12. The second kappa shape index (κ2) is 5.82. The summed E-state index contributed by atoms with van der Waals surface area (Å²) in [5, 5.41) is 7.69. The lowest BCUT2D eigenvalue weighted by atomic mass is 9.88. The maximum absolute atomic E-state index is 4.76. The summed E-state index contributed by atoms with van der Waals surface area (Å²) in [7, 11) is 2.10. The van der Waals surface area contributed by atoms with Gasteiger partial charge in [0.15, 0.2) is 0 Å². The van der Waals surface area contributed by atoms with Crippen molar-refractivity contribution in [3.8, 4) is 0 Å². The molecular formula is C21H25N3S. The monoisotopic (exact) mass is 351 g/mol. The highest BCUT2D eigenvalue weighted by atomic mass is 32.1. The van der Waals surface area contributed by atoms with Gasteiger partial charge in [-0.15, -0.1) is 11.3 Å². The molecule has 2 aromatic carbocycles. The van der Waals surface area contributed by atoms with Gasteiger partial charge >= 0.3 is 0 Å². The van der Waals surface area contributed by atoms with E-state index in [1.165, 1.54) is 25.7 Å². The quantitative estimate of drug-likeness (QED) is 0.643. The lowest BCUT2D eigenvalue weighted by Crippen LogP contribution is -2.45. The number of thiophene rings is 1. The van der Waals surface area contributed by atoms with E-state index in [4.69, 9.17) is 4.99 Å². The minimum Gasteiger partial charge on any atom is -0.345 e. The van der Waals surface area contributed by atoms with Gasteiger partial charge in [0.05, 0.1) is 16.9 Å². The number of fused-ring (bicyclic) bond motifs is 5. The van der Waals surface area contributed by atoms with E-state index in [2.05, 4.69) is 81.4 Å². The maximum atomic E-state index is 4.76. The van der Waals surface area contributed by atoms with Crippen LogP contribution in [-0.4, -0.2) is 24.3 Å². The number of hydrogen-bond acceptors (Lipinski definition) is 4. The summed E-state index contributed by atoms with van der Waals surface area (Å²) >= 11 is 1.88. The smallest absolute Gasteiger partial charge is 0.118 e. The number of aliphatic imine (C=N–C) groups is 1. The summed E-state index contributed by atoms with van der Waals surface area (Å²) in [6, 6.07) is 13.4. The van der Waals surface area contributed by atoms with Gasteiger partial charge < -0.3 is 4.90 Å². The zero-order chi connectivity index (χ0) is 17.8. The molecular weight excluding hydrogens is 326 g/mol. The van der Waals surface area contributed by atoms with Gasteiger partial charge in [-0.05, 0) is 23.1 Å². The maximum Gasteiger partial charge on any atom is 0.118 e. The van der Waals surface area contributed by atoms with Crippen LogP contribution in [0, 0.1) is 5.41 Å². The molecule has 0 spiro atoms. The highest BCUT2D eigenvalue weighted by Gasteiger charge is 2.30. The van der Waals surface area contributed by atoms with Crippen molar-refractivity contribution in [1.29, 1.82) is 0 Å². The Kier molecular flexibility index (Phi) is 3.85. The molecule has 1 aliphatic rings. The molecule has 1 aliphatic heterocycles. The standard InChI is InChI=1S/C21H25N3S/c1-13(21(2,3)4)23-20-19-17(22-12-24(20)5)16-11-10-14-8-6-7-9-15(14)18(16)25-19/h6-13,20,23H,1-5H3/t13-,20?/m1/s1. The van der Waals surface area contributed by atoms with Gasteiger partial charge in [0, 0.05) is 23.2 Å². The Morgan fingerprint density at radius 1 is 1.12 bits per heavy atom. The van der Waals surface area contributed by atoms with Crippen LogP contribution in [0.1, 0.15) is 38.7 Å². The van der Waals surface area contributed by atoms with Gasteiger partial charge in [0.2, 0.25) is 0 Å². The molecule has 2 heterocycles. The van der Waals surface area contributed by atoms with Crippen LogP contribution in [0.3, 0.4) is 0 Å². The first-order valence-corrected chi connectivity index (χ1v) is 9.64. The Balaban J connectivity index is 1.86. The van der Waals surface area contributed by atoms with E-state index in [-0.39, 0.29) is 11.6 Å². The second-order valence-electron chi connectivity index (χ2n) is 8.05. The molecule has 0 fully saturated rings. The van der Waals surface area contributed by atoms with E-state index in [1.807, 2.05) is 17.7 Å². The molecule has 3 aromatic rings. The normalized spacial score (nSPS) is 18.8. The molecule has 0 aliphatic carbocycles. The van der Waals surface area contributed by atoms with Gasteiger partial charge in [0.25, 0.3) is 0 Å². The van der Waals surface area contributed by atoms with E-state index >= 15 is 0 Å². The molecule has 2 atom stereocenters. The fourth-order valence-corrected chi connectivity index (χ4v) is 4.63. The van der Waals surface area contributed by atoms with Gasteiger partial charge in [-0.25, -0.2) is 4.99 Å². The number of rotatable bonds is 2. The van der Waals surface area contributed by atoms with Crippen molar-refractivity contribution >= 4 is 44.2 Å². The molecule has 1 N–H and O–H groups in total. The third-order valence-electron chi connectivity index (χ3n) is 5.31. The van der Waals surface area contributed by atoms with Gasteiger partial charge in [-0.1, -0.05) is 57.2 Å². The van der Waals surface area contributed by atoms with Crippen molar-refractivity contribution in [1.82, 2.24) is 10.2 Å². The second-order valence-corrected chi connectivity index (χ2v) is 9.10. The van der Waals surface area contributed by atoms with Crippen LogP contribution < -0.4 is 5.32 Å². The van der Waals surface area contributed by atoms with E-state index in [0.717, 1.165) is 5.69 Å². The molecule has 0 amide bonds. The van der Waals surface area contributed by atoms with Gasteiger partial charge in [0.1, 0.15) is 6.17 Å². The van der Waals surface area contributed by atoms with E-state index in [0.29, 0.717) is 6.04 Å². The van der Waals surface area contributed by atoms with Gasteiger partial charge in [-0.2, -0.15) is 0 Å². The van der Waals surface area contributed by atoms with Crippen molar-refractivity contribution in [2.45, 2.75) is 39.9 Å². The average molecular weight is 352 g/mol. The number of hydrogen-bond donors (Lipinski definition) is 1. The third kappa shape index (κ3) is 2.74. The number of benzene rings is 2. The van der Waals surface area contributed by atoms with Crippen LogP contribution >= 0.6 is 11.3 Å². The molecule has 130 valence electrons. The SMILES string of the molecule is C[C@@H](NC1c2sc3c(ccc4ccccc43)c2N=CN1C)C(C)(C)C. The lowest BCUT2D eigenvalue weighted by Gasteiger charge is -2.36. The first-order valence-electron chi connectivity index (χ1n) is 8.82. The number of nitrogens with zero attached hydrogens (tertiary/aromatic N) is 2. The Labute approximate surface area is 153 Å². The van der Waals surface area contributed by atoms with Crippen LogP contribution in [0.5, 0.6) is 0 Å². The largest absolute Gasteiger partial charge is 0.345 e. The molecule has 1 unspecified atom stereocenters. The zero-order valence-electron chi connectivity index (χ0n) is 15.5. The molecule has 3 nitrogen and oxygen atoms in total. The van der Waals surface area contributed by atoms with Crippen molar-refractivity contribution in [3.05, 3.63) is 41.3 Å². The van der Waals surface area contributed by atoms with Crippen LogP contribution in [0.25, 0.3) is 20.9 Å². The molecule has 1 aromatic heterocycles. The Morgan fingerprint density at radius 3 is 2.64 bits per heavy atom. The average Bonchev–Trinajstić information content (AvgIpc) is 2.95. The summed E-state index contributed by atoms with van der Waals surface area (Å²) < 4.78 is 1.34. The van der Waals surface area contributed by atoms with Gasteiger partial charge in [-0.3, -0.25) is 5.32 Å². The molecule has 0 radical (unpaired) electrons. The molecule has 0 saturated heterocycles. The minimum absolute atomic E-state index is 0.165. The van der Waals surface area contributed by atoms with Crippen molar-refractivity contribution in [2.24, 2.45) is 10.4 Å². The minimum atomic E-state index is 0.165. The van der Waals surface area contributed by atoms with Crippen LogP contribution in [0.15, 0.2) is 41.4 Å². The summed E-state index contributed by atoms with van der Waals surface area (Å²) in [5.41, 5.74) is 1.33. The summed E-state index contributed by atoms with van der Waals surface area (Å²) in [5.74, 6) is 0. The van der Waals surface area contributed by atoms with E-state index in [1.54, 1.807) is 0 Å². The highest BCUT2D eigenvalue weighted by Crippen LogP contribution is 2.46. The zero-order valence-corrected chi connectivity index (χ0v) is 16.3. The topological polar surface area (TPSA) is 27.6 Å². The fraction of sp³-hybridized carbons (Fsp3) is 0.381. The fourth-order valence-electron chi connectivity index (χ4n) is 3.23. The molecule has 4 rings (SSSR count). The van der Waals surface area contributed by atoms with E-state index < -0.39 is 0 Å². The molecule has 4 heteroatoms. The summed E-state index contributed by atoms with van der Waals surface area (Å²) in [4.78, 5) is 8.26. The Bertz CT molecular complexity index is 964. The number of nitrogens with one attached hydrogen (secondary N) is 1. The predicted molar refractivity (Wildman–Crippen MR) is 110 cm³/mol. The first-order chi connectivity index (χ1) is 11.9. The van der Waals surface area contributed by atoms with Crippen molar-refractivity contribution in [3.63, 3.8) is 0 Å². The summed E-state index contributed by atoms with van der Waals surface area (Å²) in [6.45, 7) is 9.10. The molecule has 0 bridgehead atoms. The first kappa shape index (κ1) is 16.6. The Hall–Kier alpha value is -1.91. The highest BCUT2D eigenvalue weighted by molar-refractivity contribution is 7.20.